The van der Waals surface area contributed by atoms with Crippen LogP contribution in [0.5, 0.6) is 0 Å². The molecule has 0 fully saturated rings. The van der Waals surface area contributed by atoms with E-state index in [-0.39, 0.29) is 11.9 Å². The van der Waals surface area contributed by atoms with Gasteiger partial charge in [-0.1, -0.05) is 19.1 Å². The Morgan fingerprint density at radius 3 is 2.89 bits per heavy atom. The van der Waals surface area contributed by atoms with Crippen molar-refractivity contribution in [2.24, 2.45) is 7.05 Å². The van der Waals surface area contributed by atoms with Crippen molar-refractivity contribution in [1.29, 1.82) is 0 Å². The second kappa shape index (κ2) is 6.48. The van der Waals surface area contributed by atoms with Crippen molar-refractivity contribution < 1.29 is 4.39 Å². The molecule has 19 heavy (non-hydrogen) atoms. The summed E-state index contributed by atoms with van der Waals surface area (Å²) in [6, 6.07) is 6.97. The fourth-order valence-electron chi connectivity index (χ4n) is 2.27. The lowest BCUT2D eigenvalue weighted by atomic mass is 10.0. The van der Waals surface area contributed by atoms with E-state index in [2.05, 4.69) is 17.2 Å². The second-order valence-corrected chi connectivity index (χ2v) is 4.66. The van der Waals surface area contributed by atoms with Gasteiger partial charge in [-0.25, -0.2) is 9.37 Å². The predicted octanol–water partition coefficient (Wildman–Crippen LogP) is 2.84. The van der Waals surface area contributed by atoms with Crippen molar-refractivity contribution in [3.05, 3.63) is 53.9 Å². The molecule has 3 nitrogen and oxygen atoms in total. The molecule has 0 aliphatic rings. The number of aromatic nitrogens is 2. The van der Waals surface area contributed by atoms with Crippen molar-refractivity contribution in [3.8, 4) is 0 Å². The van der Waals surface area contributed by atoms with Gasteiger partial charge in [-0.05, 0) is 30.7 Å². The highest BCUT2D eigenvalue weighted by atomic mass is 19.1. The van der Waals surface area contributed by atoms with Gasteiger partial charge in [-0.3, -0.25) is 0 Å². The maximum atomic E-state index is 13.3. The molecule has 2 rings (SSSR count). The Morgan fingerprint density at radius 2 is 2.26 bits per heavy atom. The number of benzene rings is 1. The molecule has 1 N–H and O–H groups in total. The smallest absolute Gasteiger partial charge is 0.123 e. The van der Waals surface area contributed by atoms with Crippen LogP contribution in [0.4, 0.5) is 4.39 Å². The molecule has 1 aromatic heterocycles. The van der Waals surface area contributed by atoms with E-state index in [0.29, 0.717) is 0 Å². The summed E-state index contributed by atoms with van der Waals surface area (Å²) in [5, 5.41) is 3.40. The Morgan fingerprint density at radius 1 is 1.42 bits per heavy atom. The first kappa shape index (κ1) is 13.7. The van der Waals surface area contributed by atoms with E-state index in [1.54, 1.807) is 18.3 Å². The molecule has 0 saturated heterocycles. The fourth-order valence-corrected chi connectivity index (χ4v) is 2.27. The maximum Gasteiger partial charge on any atom is 0.123 e. The highest BCUT2D eigenvalue weighted by Gasteiger charge is 2.12. The Kier molecular flexibility index (Phi) is 4.68. The average molecular weight is 261 g/mol. The lowest BCUT2D eigenvalue weighted by Crippen LogP contribution is -2.22. The summed E-state index contributed by atoms with van der Waals surface area (Å²) in [7, 11) is 1.99. The number of nitrogens with zero attached hydrogens (tertiary/aromatic N) is 2. The Bertz CT molecular complexity index is 522. The molecule has 0 amide bonds. The van der Waals surface area contributed by atoms with Crippen molar-refractivity contribution in [1.82, 2.24) is 14.9 Å². The van der Waals surface area contributed by atoms with Crippen LogP contribution in [0.25, 0.3) is 0 Å². The van der Waals surface area contributed by atoms with Gasteiger partial charge in [-0.15, -0.1) is 0 Å². The molecule has 0 aliphatic carbocycles. The largest absolute Gasteiger partial charge is 0.338 e. The zero-order chi connectivity index (χ0) is 13.7. The fraction of sp³-hybridized carbons (Fsp3) is 0.400. The molecule has 1 aromatic carbocycles. The number of hydrogen-bond acceptors (Lipinski definition) is 2. The molecule has 0 spiro atoms. The first-order valence-electron chi connectivity index (χ1n) is 6.65. The monoisotopic (exact) mass is 261 g/mol. The molecule has 2 aromatic rings. The highest BCUT2D eigenvalue weighted by molar-refractivity contribution is 5.20. The summed E-state index contributed by atoms with van der Waals surface area (Å²) >= 11 is 0. The van der Waals surface area contributed by atoms with E-state index in [4.69, 9.17) is 0 Å². The molecular weight excluding hydrogens is 241 g/mol. The highest BCUT2D eigenvalue weighted by Crippen LogP contribution is 2.19. The van der Waals surface area contributed by atoms with E-state index >= 15 is 0 Å². The summed E-state index contributed by atoms with van der Waals surface area (Å²) < 4.78 is 15.3. The first-order chi connectivity index (χ1) is 9.20. The summed E-state index contributed by atoms with van der Waals surface area (Å²) in [6.45, 7) is 2.93. The van der Waals surface area contributed by atoms with Gasteiger partial charge in [0.15, 0.2) is 0 Å². The van der Waals surface area contributed by atoms with Crippen molar-refractivity contribution >= 4 is 0 Å². The normalized spacial score (nSPS) is 12.6. The van der Waals surface area contributed by atoms with Gasteiger partial charge in [0.05, 0.1) is 0 Å². The summed E-state index contributed by atoms with van der Waals surface area (Å²) in [5.41, 5.74) is 0.996. The van der Waals surface area contributed by atoms with Gasteiger partial charge in [0.25, 0.3) is 0 Å². The molecule has 4 heteroatoms. The molecule has 1 unspecified atom stereocenters. The van der Waals surface area contributed by atoms with Crippen LogP contribution in [0, 0.1) is 5.82 Å². The van der Waals surface area contributed by atoms with E-state index < -0.39 is 0 Å². The number of aryl methyl sites for hydroxylation is 2. The van der Waals surface area contributed by atoms with Crippen LogP contribution < -0.4 is 5.32 Å². The molecule has 1 heterocycles. The van der Waals surface area contributed by atoms with Crippen molar-refractivity contribution in [2.75, 3.05) is 6.54 Å². The molecular formula is C15H20FN3. The predicted molar refractivity (Wildman–Crippen MR) is 74.3 cm³/mol. The molecule has 1 atom stereocenters. The van der Waals surface area contributed by atoms with Crippen LogP contribution in [0.2, 0.25) is 0 Å². The van der Waals surface area contributed by atoms with Crippen LogP contribution in [0.1, 0.15) is 30.8 Å². The standard InChI is InChI=1S/C15H20FN3/c1-3-17-14(12-5-4-6-13(16)11-12)7-8-15-18-9-10-19(15)2/h4-6,9-11,14,17H,3,7-8H2,1-2H3. The minimum Gasteiger partial charge on any atom is -0.338 e. The molecule has 0 aliphatic heterocycles. The lowest BCUT2D eigenvalue weighted by Gasteiger charge is -2.18. The number of rotatable bonds is 6. The molecule has 102 valence electrons. The van der Waals surface area contributed by atoms with Gasteiger partial charge in [0.2, 0.25) is 0 Å². The van der Waals surface area contributed by atoms with Gasteiger partial charge >= 0.3 is 0 Å². The molecule has 0 bridgehead atoms. The Hall–Kier alpha value is -1.68. The third kappa shape index (κ3) is 3.64. The first-order valence-corrected chi connectivity index (χ1v) is 6.65. The van der Waals surface area contributed by atoms with Crippen LogP contribution in [-0.4, -0.2) is 16.1 Å². The minimum atomic E-state index is -0.183. The maximum absolute atomic E-state index is 13.3. The van der Waals surface area contributed by atoms with Gasteiger partial charge in [0.1, 0.15) is 11.6 Å². The van der Waals surface area contributed by atoms with Crippen LogP contribution >= 0.6 is 0 Å². The summed E-state index contributed by atoms with van der Waals surface area (Å²) in [5.74, 6) is 0.872. The quantitative estimate of drug-likeness (QED) is 0.866. The van der Waals surface area contributed by atoms with Crippen LogP contribution in [0.15, 0.2) is 36.7 Å². The van der Waals surface area contributed by atoms with Gasteiger partial charge in [0, 0.05) is 31.9 Å². The van der Waals surface area contributed by atoms with E-state index in [1.807, 2.05) is 23.9 Å². The molecule has 0 radical (unpaired) electrons. The number of imidazole rings is 1. The molecule has 0 saturated carbocycles. The number of hydrogen-bond donors (Lipinski definition) is 1. The lowest BCUT2D eigenvalue weighted by molar-refractivity contribution is 0.502. The van der Waals surface area contributed by atoms with Crippen LogP contribution in [-0.2, 0) is 13.5 Å². The Labute approximate surface area is 113 Å². The van der Waals surface area contributed by atoms with E-state index in [1.165, 1.54) is 6.07 Å². The van der Waals surface area contributed by atoms with Crippen molar-refractivity contribution in [3.63, 3.8) is 0 Å². The zero-order valence-electron chi connectivity index (χ0n) is 11.4. The van der Waals surface area contributed by atoms with Crippen LogP contribution in [0.3, 0.4) is 0 Å². The summed E-state index contributed by atoms with van der Waals surface area (Å²) in [6.07, 6.45) is 5.53. The average Bonchev–Trinajstić information content (AvgIpc) is 2.80. The number of halogens is 1. The third-order valence-corrected chi connectivity index (χ3v) is 3.28. The minimum absolute atomic E-state index is 0.164. The van der Waals surface area contributed by atoms with E-state index in [0.717, 1.165) is 30.8 Å². The van der Waals surface area contributed by atoms with Crippen molar-refractivity contribution in [2.45, 2.75) is 25.8 Å². The Balaban J connectivity index is 2.06. The number of nitrogens with one attached hydrogen (secondary N) is 1. The summed E-state index contributed by atoms with van der Waals surface area (Å²) in [4.78, 5) is 4.32. The van der Waals surface area contributed by atoms with Gasteiger partial charge < -0.3 is 9.88 Å². The van der Waals surface area contributed by atoms with E-state index in [9.17, 15) is 4.39 Å². The zero-order valence-corrected chi connectivity index (χ0v) is 11.4. The second-order valence-electron chi connectivity index (χ2n) is 4.66. The third-order valence-electron chi connectivity index (χ3n) is 3.28. The van der Waals surface area contributed by atoms with Gasteiger partial charge in [-0.2, -0.15) is 0 Å². The SMILES string of the molecule is CCNC(CCc1nccn1C)c1cccc(F)c1. The topological polar surface area (TPSA) is 29.9 Å².